The number of aryl methyl sites for hydroxylation is 2. The van der Waals surface area contributed by atoms with Crippen LogP contribution in [0.3, 0.4) is 0 Å². The molecule has 0 radical (unpaired) electrons. The van der Waals surface area contributed by atoms with Crippen LogP contribution in [0.1, 0.15) is 17.0 Å². The first-order valence-corrected chi connectivity index (χ1v) is 7.89. The Labute approximate surface area is 146 Å². The molecule has 2 rings (SSSR count). The minimum atomic E-state index is -0.346. The van der Waals surface area contributed by atoms with Crippen molar-refractivity contribution in [3.05, 3.63) is 47.0 Å². The summed E-state index contributed by atoms with van der Waals surface area (Å²) in [7, 11) is 3.54. The van der Waals surface area contributed by atoms with Crippen molar-refractivity contribution in [2.75, 3.05) is 18.9 Å². The highest BCUT2D eigenvalue weighted by atomic mass is 19.1. The Kier molecular flexibility index (Phi) is 6.10. The molecule has 0 fully saturated rings. The molecule has 0 atom stereocenters. The van der Waals surface area contributed by atoms with E-state index in [1.807, 2.05) is 25.6 Å². The molecular weight excluding hydrogens is 323 g/mol. The van der Waals surface area contributed by atoms with Gasteiger partial charge in [0.1, 0.15) is 5.82 Å². The van der Waals surface area contributed by atoms with E-state index in [1.165, 1.54) is 24.3 Å². The van der Waals surface area contributed by atoms with Crippen molar-refractivity contribution in [1.29, 1.82) is 0 Å². The van der Waals surface area contributed by atoms with E-state index >= 15 is 0 Å². The number of aromatic nitrogens is 2. The Morgan fingerprint density at radius 3 is 2.48 bits per heavy atom. The molecule has 8 heteroatoms. The first-order valence-electron chi connectivity index (χ1n) is 7.89. The van der Waals surface area contributed by atoms with Gasteiger partial charge in [-0.15, -0.1) is 0 Å². The number of aliphatic imine (C=N–C) groups is 1. The second kappa shape index (κ2) is 8.27. The van der Waals surface area contributed by atoms with E-state index in [-0.39, 0.29) is 18.3 Å². The second-order valence-electron chi connectivity index (χ2n) is 5.61. The standard InChI is InChI=1S/C17H23FN6O/c1-11-15(12(2)24(4)23-11)9-20-17(19-3)21-10-16(25)22-14-7-5-13(18)6-8-14/h5-8H,9-10H2,1-4H3,(H,22,25)(H2,19,20,21). The molecule has 1 heterocycles. The Balaban J connectivity index is 1.83. The van der Waals surface area contributed by atoms with Crippen LogP contribution in [-0.4, -0.2) is 35.2 Å². The highest BCUT2D eigenvalue weighted by Gasteiger charge is 2.10. The number of halogens is 1. The van der Waals surface area contributed by atoms with Gasteiger partial charge in [0.2, 0.25) is 5.91 Å². The van der Waals surface area contributed by atoms with Crippen LogP contribution in [0.5, 0.6) is 0 Å². The summed E-state index contributed by atoms with van der Waals surface area (Å²) >= 11 is 0. The second-order valence-corrected chi connectivity index (χ2v) is 5.61. The zero-order chi connectivity index (χ0) is 18.4. The van der Waals surface area contributed by atoms with Crippen molar-refractivity contribution in [3.8, 4) is 0 Å². The highest BCUT2D eigenvalue weighted by molar-refractivity contribution is 5.94. The molecule has 1 aromatic carbocycles. The molecule has 0 aliphatic rings. The van der Waals surface area contributed by atoms with Crippen LogP contribution in [0.2, 0.25) is 0 Å². The van der Waals surface area contributed by atoms with Crippen LogP contribution in [0.4, 0.5) is 10.1 Å². The summed E-state index contributed by atoms with van der Waals surface area (Å²) in [5.41, 5.74) is 3.67. The number of benzene rings is 1. The minimum absolute atomic E-state index is 0.0437. The Bertz CT molecular complexity index is 766. The van der Waals surface area contributed by atoms with Crippen LogP contribution < -0.4 is 16.0 Å². The first-order chi connectivity index (χ1) is 11.9. The molecule has 1 aromatic heterocycles. The third-order valence-corrected chi connectivity index (χ3v) is 3.86. The van der Waals surface area contributed by atoms with E-state index in [0.717, 1.165) is 17.0 Å². The third kappa shape index (κ3) is 5.03. The van der Waals surface area contributed by atoms with Crippen molar-refractivity contribution in [2.24, 2.45) is 12.0 Å². The zero-order valence-electron chi connectivity index (χ0n) is 14.9. The quantitative estimate of drug-likeness (QED) is 0.566. The van der Waals surface area contributed by atoms with E-state index in [4.69, 9.17) is 0 Å². The van der Waals surface area contributed by atoms with Gasteiger partial charge in [-0.1, -0.05) is 0 Å². The lowest BCUT2D eigenvalue weighted by Gasteiger charge is -2.12. The summed E-state index contributed by atoms with van der Waals surface area (Å²) in [6.45, 7) is 4.56. The van der Waals surface area contributed by atoms with E-state index in [1.54, 1.807) is 7.05 Å². The first kappa shape index (κ1) is 18.4. The highest BCUT2D eigenvalue weighted by Crippen LogP contribution is 2.11. The van der Waals surface area contributed by atoms with Gasteiger partial charge in [-0.05, 0) is 38.1 Å². The van der Waals surface area contributed by atoms with E-state index in [0.29, 0.717) is 18.2 Å². The fraction of sp³-hybridized carbons (Fsp3) is 0.353. The summed E-state index contributed by atoms with van der Waals surface area (Å²) in [6, 6.07) is 5.60. The van der Waals surface area contributed by atoms with E-state index in [9.17, 15) is 9.18 Å². The number of amides is 1. The number of guanidine groups is 1. The summed E-state index contributed by atoms with van der Waals surface area (Å²) in [6.07, 6.45) is 0. The largest absolute Gasteiger partial charge is 0.352 e. The number of anilines is 1. The molecule has 134 valence electrons. The van der Waals surface area contributed by atoms with Gasteiger partial charge in [0.05, 0.1) is 12.2 Å². The van der Waals surface area contributed by atoms with Crippen LogP contribution in [0, 0.1) is 19.7 Å². The molecule has 0 aliphatic heterocycles. The monoisotopic (exact) mass is 346 g/mol. The molecule has 7 nitrogen and oxygen atoms in total. The van der Waals surface area contributed by atoms with Crippen LogP contribution in [-0.2, 0) is 18.4 Å². The number of hydrogen-bond acceptors (Lipinski definition) is 3. The summed E-state index contributed by atoms with van der Waals surface area (Å²) in [4.78, 5) is 16.0. The predicted octanol–water partition coefficient (Wildman–Crippen LogP) is 1.48. The number of rotatable bonds is 5. The van der Waals surface area contributed by atoms with Crippen molar-refractivity contribution >= 4 is 17.6 Å². The summed E-state index contributed by atoms with van der Waals surface area (Å²) in [5, 5.41) is 13.2. The SMILES string of the molecule is CN=C(NCC(=O)Nc1ccc(F)cc1)NCc1c(C)nn(C)c1C. The maximum absolute atomic E-state index is 12.9. The average molecular weight is 346 g/mol. The van der Waals surface area contributed by atoms with Gasteiger partial charge >= 0.3 is 0 Å². The topological polar surface area (TPSA) is 83.3 Å². The van der Waals surface area contributed by atoms with Gasteiger partial charge in [-0.2, -0.15) is 5.10 Å². The minimum Gasteiger partial charge on any atom is -0.352 e. The van der Waals surface area contributed by atoms with E-state index < -0.39 is 0 Å². The maximum Gasteiger partial charge on any atom is 0.243 e. The summed E-state index contributed by atoms with van der Waals surface area (Å²) < 4.78 is 14.7. The van der Waals surface area contributed by atoms with Crippen LogP contribution >= 0.6 is 0 Å². The van der Waals surface area contributed by atoms with Crippen LogP contribution in [0.25, 0.3) is 0 Å². The fourth-order valence-electron chi connectivity index (χ4n) is 2.37. The lowest BCUT2D eigenvalue weighted by atomic mass is 10.2. The molecule has 0 saturated carbocycles. The molecule has 0 bridgehead atoms. The molecule has 3 N–H and O–H groups in total. The van der Waals surface area contributed by atoms with E-state index in [2.05, 4.69) is 26.0 Å². The number of nitrogens with one attached hydrogen (secondary N) is 3. The van der Waals surface area contributed by atoms with Crippen molar-refractivity contribution < 1.29 is 9.18 Å². The van der Waals surface area contributed by atoms with Gasteiger partial charge < -0.3 is 16.0 Å². The summed E-state index contributed by atoms with van der Waals surface area (Å²) in [5.74, 6) is -0.0816. The number of hydrogen-bond donors (Lipinski definition) is 3. The Hall–Kier alpha value is -2.90. The zero-order valence-corrected chi connectivity index (χ0v) is 14.9. The number of carbonyl (C=O) groups excluding carboxylic acids is 1. The Morgan fingerprint density at radius 2 is 1.92 bits per heavy atom. The van der Waals surface area contributed by atoms with Crippen LogP contribution in [0.15, 0.2) is 29.3 Å². The number of carbonyl (C=O) groups is 1. The maximum atomic E-state index is 12.9. The van der Waals surface area contributed by atoms with Gasteiger partial charge in [0, 0.05) is 37.6 Å². The van der Waals surface area contributed by atoms with Gasteiger partial charge in [-0.25, -0.2) is 4.39 Å². The molecular formula is C17H23FN6O. The third-order valence-electron chi connectivity index (χ3n) is 3.86. The molecule has 2 aromatic rings. The predicted molar refractivity (Wildman–Crippen MR) is 95.9 cm³/mol. The normalized spacial score (nSPS) is 11.3. The number of nitrogens with zero attached hydrogens (tertiary/aromatic N) is 3. The van der Waals surface area contributed by atoms with Gasteiger partial charge in [0.25, 0.3) is 0 Å². The molecule has 0 unspecified atom stereocenters. The Morgan fingerprint density at radius 1 is 1.24 bits per heavy atom. The molecule has 0 spiro atoms. The molecule has 1 amide bonds. The molecule has 0 saturated heterocycles. The molecule has 25 heavy (non-hydrogen) atoms. The van der Waals surface area contributed by atoms with Gasteiger partial charge in [-0.3, -0.25) is 14.5 Å². The average Bonchev–Trinajstić information content (AvgIpc) is 2.82. The molecule has 0 aliphatic carbocycles. The van der Waals surface area contributed by atoms with Crippen molar-refractivity contribution in [1.82, 2.24) is 20.4 Å². The smallest absolute Gasteiger partial charge is 0.243 e. The van der Waals surface area contributed by atoms with Gasteiger partial charge in [0.15, 0.2) is 5.96 Å². The fourth-order valence-corrected chi connectivity index (χ4v) is 2.37. The van der Waals surface area contributed by atoms with Crippen molar-refractivity contribution in [3.63, 3.8) is 0 Å². The van der Waals surface area contributed by atoms with Crippen molar-refractivity contribution in [2.45, 2.75) is 20.4 Å². The lowest BCUT2D eigenvalue weighted by Crippen LogP contribution is -2.41. The lowest BCUT2D eigenvalue weighted by molar-refractivity contribution is -0.115.